The van der Waals surface area contributed by atoms with E-state index >= 15 is 0 Å². The van der Waals surface area contributed by atoms with Crippen LogP contribution in [0.4, 0.5) is 18.9 Å². The largest absolute Gasteiger partial charge is 0.516 e. The highest BCUT2D eigenvalue weighted by Crippen LogP contribution is 2.28. The molecule has 0 radical (unpaired) electrons. The number of rotatable bonds is 2. The van der Waals surface area contributed by atoms with Gasteiger partial charge in [0.1, 0.15) is 0 Å². The van der Waals surface area contributed by atoms with E-state index in [1.807, 2.05) is 0 Å². The van der Waals surface area contributed by atoms with Crippen molar-refractivity contribution in [2.24, 2.45) is 0 Å². The van der Waals surface area contributed by atoms with E-state index in [1.54, 1.807) is 6.07 Å². The van der Waals surface area contributed by atoms with Gasteiger partial charge in [-0.25, -0.2) is 0 Å². The van der Waals surface area contributed by atoms with Gasteiger partial charge in [0.25, 0.3) is 0 Å². The van der Waals surface area contributed by atoms with Crippen LogP contribution in [0.5, 0.6) is 0 Å². The van der Waals surface area contributed by atoms with E-state index in [9.17, 15) is 21.6 Å². The first-order valence-electron chi connectivity index (χ1n) is 3.57. The number of para-hydroxylation sites is 1. The Morgan fingerprint density at radius 1 is 1.20 bits per heavy atom. The average molecular weight is 304 g/mol. The maximum atomic E-state index is 12.0. The highest BCUT2D eigenvalue weighted by atomic mass is 79.9. The van der Waals surface area contributed by atoms with Crippen molar-refractivity contribution in [2.45, 2.75) is 5.51 Å². The summed E-state index contributed by atoms with van der Waals surface area (Å²) >= 11 is 2.92. The van der Waals surface area contributed by atoms with Crippen molar-refractivity contribution in [3.63, 3.8) is 0 Å². The second-order valence-electron chi connectivity index (χ2n) is 2.53. The Kier molecular flexibility index (Phi) is 3.29. The third kappa shape index (κ3) is 2.85. The number of sulfonamides is 1. The maximum absolute atomic E-state index is 12.0. The van der Waals surface area contributed by atoms with Crippen LogP contribution in [0.15, 0.2) is 28.7 Å². The van der Waals surface area contributed by atoms with E-state index in [4.69, 9.17) is 0 Å². The van der Waals surface area contributed by atoms with Gasteiger partial charge in [-0.05, 0) is 28.1 Å². The fourth-order valence-corrected chi connectivity index (χ4v) is 1.84. The fourth-order valence-electron chi connectivity index (χ4n) is 0.747. The van der Waals surface area contributed by atoms with Gasteiger partial charge in [0.15, 0.2) is 0 Å². The molecule has 0 aromatic heterocycles. The van der Waals surface area contributed by atoms with Gasteiger partial charge in [0.2, 0.25) is 0 Å². The lowest BCUT2D eigenvalue weighted by molar-refractivity contribution is -0.0429. The van der Waals surface area contributed by atoms with Gasteiger partial charge < -0.3 is 0 Å². The lowest BCUT2D eigenvalue weighted by Crippen LogP contribution is -2.30. The van der Waals surface area contributed by atoms with E-state index in [0.717, 1.165) is 0 Å². The minimum atomic E-state index is -5.35. The fraction of sp³-hybridized carbons (Fsp3) is 0.143. The third-order valence-electron chi connectivity index (χ3n) is 1.42. The summed E-state index contributed by atoms with van der Waals surface area (Å²) in [7, 11) is -5.35. The van der Waals surface area contributed by atoms with E-state index in [1.165, 1.54) is 22.9 Å². The summed E-state index contributed by atoms with van der Waals surface area (Å²) in [6.07, 6.45) is 0. The molecule has 0 spiro atoms. The average Bonchev–Trinajstić information content (AvgIpc) is 2.06. The van der Waals surface area contributed by atoms with Crippen molar-refractivity contribution < 1.29 is 21.6 Å². The van der Waals surface area contributed by atoms with Crippen molar-refractivity contribution in [1.82, 2.24) is 0 Å². The molecule has 0 saturated carbocycles. The molecule has 0 amide bonds. The van der Waals surface area contributed by atoms with Crippen LogP contribution in [0.3, 0.4) is 0 Å². The molecule has 0 bridgehead atoms. The number of anilines is 1. The van der Waals surface area contributed by atoms with Crippen LogP contribution >= 0.6 is 15.9 Å². The zero-order valence-electron chi connectivity index (χ0n) is 7.05. The monoisotopic (exact) mass is 303 g/mol. The van der Waals surface area contributed by atoms with E-state index in [0.29, 0.717) is 0 Å². The van der Waals surface area contributed by atoms with Crippen LogP contribution in [0.25, 0.3) is 0 Å². The van der Waals surface area contributed by atoms with E-state index in [-0.39, 0.29) is 10.2 Å². The van der Waals surface area contributed by atoms with Crippen LogP contribution < -0.4 is 4.72 Å². The van der Waals surface area contributed by atoms with Gasteiger partial charge in [0.05, 0.1) is 5.69 Å². The van der Waals surface area contributed by atoms with Gasteiger partial charge in [-0.15, -0.1) is 0 Å². The number of hydrogen-bond acceptors (Lipinski definition) is 2. The van der Waals surface area contributed by atoms with Crippen LogP contribution in [-0.4, -0.2) is 13.9 Å². The molecule has 1 aromatic carbocycles. The van der Waals surface area contributed by atoms with Crippen molar-refractivity contribution in [2.75, 3.05) is 4.72 Å². The SMILES string of the molecule is O=S(=O)(Nc1ccccc1Br)C(F)(F)F. The van der Waals surface area contributed by atoms with E-state index in [2.05, 4.69) is 15.9 Å². The van der Waals surface area contributed by atoms with Crippen LogP contribution in [-0.2, 0) is 10.0 Å². The Morgan fingerprint density at radius 3 is 2.20 bits per heavy atom. The molecule has 0 saturated heterocycles. The molecule has 15 heavy (non-hydrogen) atoms. The van der Waals surface area contributed by atoms with E-state index < -0.39 is 15.5 Å². The standard InChI is InChI=1S/C7H5BrF3NO2S/c8-5-3-1-2-4-6(5)12-15(13,14)7(9,10)11/h1-4,12H. The first kappa shape index (κ1) is 12.3. The molecule has 0 atom stereocenters. The first-order chi connectivity index (χ1) is 6.74. The topological polar surface area (TPSA) is 46.2 Å². The zero-order valence-corrected chi connectivity index (χ0v) is 9.45. The number of hydrogen-bond donors (Lipinski definition) is 1. The van der Waals surface area contributed by atoms with Crippen molar-refractivity contribution in [3.8, 4) is 0 Å². The Morgan fingerprint density at radius 2 is 1.73 bits per heavy atom. The predicted octanol–water partition coefficient (Wildman–Crippen LogP) is 2.71. The molecule has 84 valence electrons. The lowest BCUT2D eigenvalue weighted by Gasteiger charge is -2.11. The maximum Gasteiger partial charge on any atom is 0.516 e. The Hall–Kier alpha value is -0.760. The van der Waals surface area contributed by atoms with Gasteiger partial charge in [-0.3, -0.25) is 4.72 Å². The number of nitrogens with one attached hydrogen (secondary N) is 1. The molecule has 1 rings (SSSR count). The molecule has 8 heteroatoms. The molecule has 1 N–H and O–H groups in total. The highest BCUT2D eigenvalue weighted by molar-refractivity contribution is 9.10. The summed E-state index contributed by atoms with van der Waals surface area (Å²) in [6.45, 7) is 0. The second kappa shape index (κ2) is 4.01. The third-order valence-corrected chi connectivity index (χ3v) is 3.21. The summed E-state index contributed by atoms with van der Waals surface area (Å²) in [5.74, 6) is 0. The molecule has 0 unspecified atom stereocenters. The Balaban J connectivity index is 3.03. The summed E-state index contributed by atoms with van der Waals surface area (Å²) in [5, 5.41) is 0. The predicted molar refractivity (Wildman–Crippen MR) is 52.7 cm³/mol. The number of benzene rings is 1. The van der Waals surface area contributed by atoms with Gasteiger partial charge in [0, 0.05) is 4.47 Å². The molecule has 0 heterocycles. The van der Waals surface area contributed by atoms with Gasteiger partial charge in [-0.2, -0.15) is 21.6 Å². The van der Waals surface area contributed by atoms with Crippen LogP contribution in [0, 0.1) is 0 Å². The summed E-state index contributed by atoms with van der Waals surface area (Å²) in [6, 6.07) is 5.61. The molecular weight excluding hydrogens is 299 g/mol. The van der Waals surface area contributed by atoms with Crippen molar-refractivity contribution in [1.29, 1.82) is 0 Å². The summed E-state index contributed by atoms with van der Waals surface area (Å²) < 4.78 is 59.0. The van der Waals surface area contributed by atoms with Gasteiger partial charge >= 0.3 is 15.5 Å². The highest BCUT2D eigenvalue weighted by Gasteiger charge is 2.46. The van der Waals surface area contributed by atoms with Crippen molar-refractivity contribution >= 4 is 31.6 Å². The second-order valence-corrected chi connectivity index (χ2v) is 5.06. The number of alkyl halides is 3. The molecular formula is C7H5BrF3NO2S. The minimum absolute atomic E-state index is 0.158. The van der Waals surface area contributed by atoms with Crippen LogP contribution in [0.2, 0.25) is 0 Å². The smallest absolute Gasteiger partial charge is 0.275 e. The lowest BCUT2D eigenvalue weighted by atomic mass is 10.3. The Labute approximate surface area is 92.5 Å². The minimum Gasteiger partial charge on any atom is -0.275 e. The van der Waals surface area contributed by atoms with Gasteiger partial charge in [-0.1, -0.05) is 12.1 Å². The normalized spacial score (nSPS) is 12.5. The van der Waals surface area contributed by atoms with Crippen molar-refractivity contribution in [3.05, 3.63) is 28.7 Å². The van der Waals surface area contributed by atoms with Crippen LogP contribution in [0.1, 0.15) is 0 Å². The zero-order chi connectivity index (χ0) is 11.7. The molecule has 1 aromatic rings. The first-order valence-corrected chi connectivity index (χ1v) is 5.85. The molecule has 0 fully saturated rings. The number of halogens is 4. The molecule has 0 aliphatic rings. The quantitative estimate of drug-likeness (QED) is 0.913. The summed E-state index contributed by atoms with van der Waals surface area (Å²) in [4.78, 5) is 0. The summed E-state index contributed by atoms with van der Waals surface area (Å²) in [5.41, 5.74) is -5.47. The molecule has 3 nitrogen and oxygen atoms in total. The molecule has 0 aliphatic heterocycles. The molecule has 0 aliphatic carbocycles. The Bertz CT molecular complexity index is 458.